The molecule has 106 valence electrons. The van der Waals surface area contributed by atoms with Crippen molar-refractivity contribution >= 4 is 23.2 Å². The van der Waals surface area contributed by atoms with Gasteiger partial charge in [-0.15, -0.1) is 0 Å². The third-order valence-corrected chi connectivity index (χ3v) is 3.94. The number of nitrogens with one attached hydrogen (secondary N) is 1. The van der Waals surface area contributed by atoms with Gasteiger partial charge in [-0.2, -0.15) is 0 Å². The Hall–Kier alpha value is -0.360. The van der Waals surface area contributed by atoms with Crippen molar-refractivity contribution < 1.29 is 14.9 Å². The quantitative estimate of drug-likeness (QED) is 0.776. The fourth-order valence-corrected chi connectivity index (χ4v) is 2.32. The number of halogens is 2. The monoisotopic (exact) mass is 305 g/mol. The van der Waals surface area contributed by atoms with Crippen molar-refractivity contribution in [3.63, 3.8) is 0 Å². The van der Waals surface area contributed by atoms with Crippen LogP contribution in [0.2, 0.25) is 10.0 Å². The Labute approximate surface area is 122 Å². The molecule has 1 saturated heterocycles. The van der Waals surface area contributed by atoms with E-state index in [-0.39, 0.29) is 0 Å². The molecular weight excluding hydrogens is 289 g/mol. The third-order valence-electron chi connectivity index (χ3n) is 3.20. The van der Waals surface area contributed by atoms with Crippen LogP contribution in [0.3, 0.4) is 0 Å². The topological polar surface area (TPSA) is 61.7 Å². The molecule has 0 aliphatic carbocycles. The standard InChI is InChI=1S/C13H17Cl2NO3/c14-10-2-1-9(5-11(10)15)12(17)6-16-7-13(18)3-4-19-8-13/h1-2,5,12,16-18H,3-4,6-8H2/t12-,13?/m0/s1. The van der Waals surface area contributed by atoms with E-state index in [4.69, 9.17) is 27.9 Å². The fraction of sp³-hybridized carbons (Fsp3) is 0.538. The van der Waals surface area contributed by atoms with Crippen LogP contribution in [0.25, 0.3) is 0 Å². The van der Waals surface area contributed by atoms with Crippen LogP contribution in [-0.4, -0.2) is 42.1 Å². The summed E-state index contributed by atoms with van der Waals surface area (Å²) < 4.78 is 5.15. The summed E-state index contributed by atoms with van der Waals surface area (Å²) in [7, 11) is 0. The van der Waals surface area contributed by atoms with E-state index in [1.54, 1.807) is 18.2 Å². The van der Waals surface area contributed by atoms with Crippen molar-refractivity contribution in [1.82, 2.24) is 5.32 Å². The highest BCUT2D eigenvalue weighted by Crippen LogP contribution is 2.25. The summed E-state index contributed by atoms with van der Waals surface area (Å²) >= 11 is 11.7. The molecule has 1 fully saturated rings. The van der Waals surface area contributed by atoms with E-state index in [0.717, 1.165) is 0 Å². The molecule has 3 N–H and O–H groups in total. The molecule has 2 rings (SSSR count). The number of hydrogen-bond donors (Lipinski definition) is 3. The summed E-state index contributed by atoms with van der Waals surface area (Å²) in [6.07, 6.45) is -0.0799. The molecule has 1 unspecified atom stereocenters. The molecule has 0 aromatic heterocycles. The fourth-order valence-electron chi connectivity index (χ4n) is 2.01. The summed E-state index contributed by atoms with van der Waals surface area (Å²) in [5, 5.41) is 24.0. The molecule has 1 heterocycles. The molecule has 0 spiro atoms. The minimum atomic E-state index is -0.822. The second-order valence-electron chi connectivity index (χ2n) is 4.85. The van der Waals surface area contributed by atoms with Crippen molar-refractivity contribution in [2.75, 3.05) is 26.3 Å². The smallest absolute Gasteiger partial charge is 0.102 e. The molecule has 4 nitrogen and oxygen atoms in total. The first-order valence-electron chi connectivity index (χ1n) is 6.14. The van der Waals surface area contributed by atoms with Crippen LogP contribution in [0.5, 0.6) is 0 Å². The normalized spacial score (nSPS) is 24.6. The summed E-state index contributed by atoms with van der Waals surface area (Å²) in [6.45, 7) is 1.64. The summed E-state index contributed by atoms with van der Waals surface area (Å²) in [5.74, 6) is 0. The van der Waals surface area contributed by atoms with Crippen molar-refractivity contribution in [2.24, 2.45) is 0 Å². The first-order valence-corrected chi connectivity index (χ1v) is 6.90. The van der Waals surface area contributed by atoms with Crippen LogP contribution in [0.4, 0.5) is 0 Å². The Kier molecular flexibility index (Phi) is 5.06. The summed E-state index contributed by atoms with van der Waals surface area (Å²) in [5.41, 5.74) is -0.131. The average molecular weight is 306 g/mol. The lowest BCUT2D eigenvalue weighted by atomic mass is 10.0. The maximum Gasteiger partial charge on any atom is 0.102 e. The highest BCUT2D eigenvalue weighted by Gasteiger charge is 2.31. The predicted octanol–water partition coefficient (Wildman–Crippen LogP) is 1.77. The van der Waals surface area contributed by atoms with Gasteiger partial charge >= 0.3 is 0 Å². The average Bonchev–Trinajstić information content (AvgIpc) is 2.79. The Morgan fingerprint density at radius 3 is 2.79 bits per heavy atom. The van der Waals surface area contributed by atoms with E-state index < -0.39 is 11.7 Å². The molecule has 0 bridgehead atoms. The maximum atomic E-state index is 10.0. The molecule has 1 aromatic rings. The largest absolute Gasteiger partial charge is 0.387 e. The lowest BCUT2D eigenvalue weighted by molar-refractivity contribution is 0.0244. The van der Waals surface area contributed by atoms with Gasteiger partial charge in [-0.25, -0.2) is 0 Å². The van der Waals surface area contributed by atoms with Gasteiger partial charge in [0.2, 0.25) is 0 Å². The number of aliphatic hydroxyl groups excluding tert-OH is 1. The molecule has 1 aliphatic heterocycles. The molecular formula is C13H17Cl2NO3. The number of ether oxygens (including phenoxy) is 1. The first-order chi connectivity index (χ1) is 9.00. The molecule has 0 amide bonds. The lowest BCUT2D eigenvalue weighted by Gasteiger charge is -2.22. The van der Waals surface area contributed by atoms with E-state index >= 15 is 0 Å². The highest BCUT2D eigenvalue weighted by atomic mass is 35.5. The number of benzene rings is 1. The summed E-state index contributed by atoms with van der Waals surface area (Å²) in [4.78, 5) is 0. The van der Waals surface area contributed by atoms with Gasteiger partial charge in [0.05, 0.1) is 22.8 Å². The van der Waals surface area contributed by atoms with E-state index in [0.29, 0.717) is 48.3 Å². The second-order valence-corrected chi connectivity index (χ2v) is 5.66. The number of rotatable bonds is 5. The Bertz CT molecular complexity index is 436. The minimum Gasteiger partial charge on any atom is -0.387 e. The van der Waals surface area contributed by atoms with Crippen molar-refractivity contribution in [3.8, 4) is 0 Å². The minimum absolute atomic E-state index is 0.334. The van der Waals surface area contributed by atoms with Crippen molar-refractivity contribution in [1.29, 1.82) is 0 Å². The molecule has 1 aliphatic rings. The molecule has 1 aromatic carbocycles. The van der Waals surface area contributed by atoms with Gasteiger partial charge in [0.15, 0.2) is 0 Å². The van der Waals surface area contributed by atoms with Gasteiger partial charge in [-0.1, -0.05) is 29.3 Å². The zero-order chi connectivity index (χ0) is 13.9. The molecule has 6 heteroatoms. The molecule has 0 radical (unpaired) electrons. The Morgan fingerprint density at radius 1 is 1.37 bits per heavy atom. The van der Waals surface area contributed by atoms with Crippen LogP contribution in [-0.2, 0) is 4.74 Å². The highest BCUT2D eigenvalue weighted by molar-refractivity contribution is 6.42. The molecule has 19 heavy (non-hydrogen) atoms. The second kappa shape index (κ2) is 6.39. The van der Waals surface area contributed by atoms with Crippen molar-refractivity contribution in [3.05, 3.63) is 33.8 Å². The van der Waals surface area contributed by atoms with Crippen LogP contribution in [0.1, 0.15) is 18.1 Å². The van der Waals surface area contributed by atoms with Crippen LogP contribution < -0.4 is 5.32 Å². The van der Waals surface area contributed by atoms with E-state index in [1.165, 1.54) is 0 Å². The van der Waals surface area contributed by atoms with Crippen LogP contribution in [0.15, 0.2) is 18.2 Å². The lowest BCUT2D eigenvalue weighted by Crippen LogP contribution is -2.42. The van der Waals surface area contributed by atoms with Crippen molar-refractivity contribution in [2.45, 2.75) is 18.1 Å². The summed E-state index contributed by atoms with van der Waals surface area (Å²) in [6, 6.07) is 5.03. The zero-order valence-electron chi connectivity index (χ0n) is 10.4. The van der Waals surface area contributed by atoms with Gasteiger partial charge < -0.3 is 20.3 Å². The van der Waals surface area contributed by atoms with Gasteiger partial charge in [0.1, 0.15) is 5.60 Å². The molecule has 2 atom stereocenters. The van der Waals surface area contributed by atoms with Gasteiger partial charge in [-0.3, -0.25) is 0 Å². The van der Waals surface area contributed by atoms with Crippen LogP contribution in [0, 0.1) is 0 Å². The Morgan fingerprint density at radius 2 is 2.16 bits per heavy atom. The number of hydrogen-bond acceptors (Lipinski definition) is 4. The third kappa shape index (κ3) is 4.05. The zero-order valence-corrected chi connectivity index (χ0v) is 11.9. The van der Waals surface area contributed by atoms with E-state index in [9.17, 15) is 10.2 Å². The molecule has 0 saturated carbocycles. The predicted molar refractivity (Wildman–Crippen MR) is 74.7 cm³/mol. The number of aliphatic hydroxyl groups is 2. The SMILES string of the molecule is O[C@@H](CNCC1(O)CCOC1)c1ccc(Cl)c(Cl)c1. The van der Waals surface area contributed by atoms with Gasteiger partial charge in [0, 0.05) is 26.1 Å². The van der Waals surface area contributed by atoms with Gasteiger partial charge in [-0.05, 0) is 17.7 Å². The van der Waals surface area contributed by atoms with Gasteiger partial charge in [0.25, 0.3) is 0 Å². The Balaban J connectivity index is 1.83. The van der Waals surface area contributed by atoms with E-state index in [2.05, 4.69) is 5.32 Å². The van der Waals surface area contributed by atoms with Crippen LogP contribution >= 0.6 is 23.2 Å². The first kappa shape index (κ1) is 15.0. The maximum absolute atomic E-state index is 10.0. The van der Waals surface area contributed by atoms with E-state index in [1.807, 2.05) is 0 Å².